The van der Waals surface area contributed by atoms with Crippen molar-refractivity contribution in [1.82, 2.24) is 5.32 Å². The molecule has 2 unspecified atom stereocenters. The maximum Gasteiger partial charge on any atom is 0.119 e. The summed E-state index contributed by atoms with van der Waals surface area (Å²) >= 11 is 0. The minimum atomic E-state index is -0.127. The van der Waals surface area contributed by atoms with Crippen molar-refractivity contribution in [3.05, 3.63) is 29.8 Å². The van der Waals surface area contributed by atoms with Crippen LogP contribution >= 0.6 is 0 Å². The average molecular weight is 263 g/mol. The van der Waals surface area contributed by atoms with E-state index in [0.717, 1.165) is 18.8 Å². The number of ether oxygens (including phenoxy) is 2. The molecule has 0 bridgehead atoms. The van der Waals surface area contributed by atoms with Crippen molar-refractivity contribution in [3.8, 4) is 5.75 Å². The van der Waals surface area contributed by atoms with E-state index in [2.05, 4.69) is 30.4 Å². The summed E-state index contributed by atoms with van der Waals surface area (Å²) in [5.41, 5.74) is 1.11. The molecule has 0 radical (unpaired) electrons. The lowest BCUT2D eigenvalue weighted by molar-refractivity contribution is -0.0884. The van der Waals surface area contributed by atoms with E-state index in [9.17, 15) is 0 Å². The van der Waals surface area contributed by atoms with Gasteiger partial charge in [0.05, 0.1) is 18.2 Å². The molecule has 0 aromatic heterocycles. The van der Waals surface area contributed by atoms with Gasteiger partial charge in [0.2, 0.25) is 0 Å². The molecule has 19 heavy (non-hydrogen) atoms. The Hall–Kier alpha value is -1.06. The molecule has 1 fully saturated rings. The molecule has 0 saturated carbocycles. The highest BCUT2D eigenvalue weighted by Crippen LogP contribution is 2.37. The molecule has 1 aliphatic heterocycles. The van der Waals surface area contributed by atoms with Crippen LogP contribution in [0.2, 0.25) is 0 Å². The van der Waals surface area contributed by atoms with Crippen molar-refractivity contribution in [2.24, 2.45) is 0 Å². The van der Waals surface area contributed by atoms with Gasteiger partial charge in [0.25, 0.3) is 0 Å². The van der Waals surface area contributed by atoms with E-state index in [1.807, 2.05) is 20.0 Å². The minimum Gasteiger partial charge on any atom is -0.494 e. The van der Waals surface area contributed by atoms with Crippen LogP contribution in [0.25, 0.3) is 0 Å². The zero-order chi connectivity index (χ0) is 13.7. The number of hydrogen-bond donors (Lipinski definition) is 1. The quantitative estimate of drug-likeness (QED) is 0.884. The summed E-state index contributed by atoms with van der Waals surface area (Å²) in [6, 6.07) is 8.52. The molecule has 1 aliphatic rings. The maximum absolute atomic E-state index is 6.07. The number of nitrogens with one attached hydrogen (secondary N) is 1. The van der Waals surface area contributed by atoms with Gasteiger partial charge in [-0.15, -0.1) is 0 Å². The van der Waals surface area contributed by atoms with Gasteiger partial charge < -0.3 is 14.8 Å². The molecule has 1 N–H and O–H groups in total. The molecule has 3 heteroatoms. The summed E-state index contributed by atoms with van der Waals surface area (Å²) in [5, 5.41) is 3.42. The summed E-state index contributed by atoms with van der Waals surface area (Å²) in [6.07, 6.45) is 3.50. The normalized spacial score (nSPS) is 25.0. The van der Waals surface area contributed by atoms with E-state index < -0.39 is 0 Å². The Morgan fingerprint density at radius 3 is 2.89 bits per heavy atom. The number of benzene rings is 1. The Morgan fingerprint density at radius 2 is 2.26 bits per heavy atom. The van der Waals surface area contributed by atoms with Gasteiger partial charge in [0.1, 0.15) is 5.75 Å². The molecule has 106 valence electrons. The highest BCUT2D eigenvalue weighted by molar-refractivity contribution is 5.32. The van der Waals surface area contributed by atoms with E-state index in [0.29, 0.717) is 6.61 Å². The van der Waals surface area contributed by atoms with Crippen LogP contribution < -0.4 is 10.1 Å². The van der Waals surface area contributed by atoms with Gasteiger partial charge in [0, 0.05) is 6.61 Å². The molecule has 0 amide bonds. The second-order valence-corrected chi connectivity index (χ2v) is 5.35. The fourth-order valence-corrected chi connectivity index (χ4v) is 2.96. The highest BCUT2D eigenvalue weighted by atomic mass is 16.5. The fourth-order valence-electron chi connectivity index (χ4n) is 2.96. The number of hydrogen-bond acceptors (Lipinski definition) is 3. The van der Waals surface area contributed by atoms with Crippen molar-refractivity contribution in [2.45, 2.75) is 44.8 Å². The van der Waals surface area contributed by atoms with Gasteiger partial charge in [-0.1, -0.05) is 12.1 Å². The Bertz CT molecular complexity index is 399. The maximum atomic E-state index is 6.07. The second kappa shape index (κ2) is 6.40. The molecule has 1 aromatic rings. The molecule has 0 aliphatic carbocycles. The summed E-state index contributed by atoms with van der Waals surface area (Å²) in [7, 11) is 2.00. The molecule has 1 saturated heterocycles. The Balaban J connectivity index is 2.22. The highest BCUT2D eigenvalue weighted by Gasteiger charge is 2.37. The molecule has 2 rings (SSSR count). The third-order valence-corrected chi connectivity index (χ3v) is 3.90. The van der Waals surface area contributed by atoms with Gasteiger partial charge >= 0.3 is 0 Å². The van der Waals surface area contributed by atoms with Crippen LogP contribution in [0, 0.1) is 0 Å². The van der Waals surface area contributed by atoms with Crippen LogP contribution in [-0.2, 0) is 4.74 Å². The summed E-state index contributed by atoms with van der Waals surface area (Å²) in [5.74, 6) is 0.930. The molecule has 2 atom stereocenters. The third kappa shape index (κ3) is 3.28. The van der Waals surface area contributed by atoms with Crippen molar-refractivity contribution < 1.29 is 9.47 Å². The average Bonchev–Trinajstić information content (AvgIpc) is 2.41. The topological polar surface area (TPSA) is 30.5 Å². The van der Waals surface area contributed by atoms with E-state index >= 15 is 0 Å². The lowest BCUT2D eigenvalue weighted by Gasteiger charge is -2.40. The van der Waals surface area contributed by atoms with E-state index in [1.165, 1.54) is 18.4 Å². The van der Waals surface area contributed by atoms with Crippen molar-refractivity contribution in [1.29, 1.82) is 0 Å². The van der Waals surface area contributed by atoms with Crippen molar-refractivity contribution >= 4 is 0 Å². The van der Waals surface area contributed by atoms with Crippen LogP contribution in [0.5, 0.6) is 5.75 Å². The zero-order valence-electron chi connectivity index (χ0n) is 12.2. The SMILES string of the molecule is CCOc1cccc(C(NC)C2(C)CCCCO2)c1. The molecule has 0 spiro atoms. The molecular weight excluding hydrogens is 238 g/mol. The van der Waals surface area contributed by atoms with Crippen LogP contribution in [0.1, 0.15) is 44.7 Å². The van der Waals surface area contributed by atoms with Gasteiger partial charge in [0.15, 0.2) is 0 Å². The first-order valence-corrected chi connectivity index (χ1v) is 7.23. The first kappa shape index (κ1) is 14.4. The third-order valence-electron chi connectivity index (χ3n) is 3.90. The second-order valence-electron chi connectivity index (χ2n) is 5.35. The van der Waals surface area contributed by atoms with Crippen LogP contribution in [0.15, 0.2) is 24.3 Å². The van der Waals surface area contributed by atoms with Crippen molar-refractivity contribution in [2.75, 3.05) is 20.3 Å². The van der Waals surface area contributed by atoms with Crippen LogP contribution in [0.3, 0.4) is 0 Å². The number of rotatable bonds is 5. The van der Waals surface area contributed by atoms with E-state index in [4.69, 9.17) is 9.47 Å². The van der Waals surface area contributed by atoms with E-state index in [1.54, 1.807) is 0 Å². The van der Waals surface area contributed by atoms with Gasteiger partial charge in [-0.2, -0.15) is 0 Å². The first-order valence-electron chi connectivity index (χ1n) is 7.23. The van der Waals surface area contributed by atoms with Crippen molar-refractivity contribution in [3.63, 3.8) is 0 Å². The molecule has 1 heterocycles. The molecule has 3 nitrogen and oxygen atoms in total. The Labute approximate surface area is 116 Å². The lowest BCUT2D eigenvalue weighted by atomic mass is 9.84. The largest absolute Gasteiger partial charge is 0.494 e. The number of likely N-dealkylation sites (N-methyl/N-ethyl adjacent to an activating group) is 1. The van der Waals surface area contributed by atoms with Gasteiger partial charge in [-0.3, -0.25) is 0 Å². The lowest BCUT2D eigenvalue weighted by Crippen LogP contribution is -2.44. The predicted molar refractivity (Wildman–Crippen MR) is 77.6 cm³/mol. The molecular formula is C16H25NO2. The Morgan fingerprint density at radius 1 is 1.42 bits per heavy atom. The summed E-state index contributed by atoms with van der Waals surface area (Å²) in [4.78, 5) is 0. The Kier molecular flexibility index (Phi) is 4.83. The predicted octanol–water partition coefficient (Wildman–Crippen LogP) is 3.31. The fraction of sp³-hybridized carbons (Fsp3) is 0.625. The summed E-state index contributed by atoms with van der Waals surface area (Å²) in [6.45, 7) is 5.77. The minimum absolute atomic E-state index is 0.127. The smallest absolute Gasteiger partial charge is 0.119 e. The first-order chi connectivity index (χ1) is 9.19. The van der Waals surface area contributed by atoms with Gasteiger partial charge in [-0.25, -0.2) is 0 Å². The van der Waals surface area contributed by atoms with Crippen LogP contribution in [0.4, 0.5) is 0 Å². The van der Waals surface area contributed by atoms with Gasteiger partial charge in [-0.05, 0) is 57.9 Å². The summed E-state index contributed by atoms with van der Waals surface area (Å²) < 4.78 is 11.7. The van der Waals surface area contributed by atoms with Crippen LogP contribution in [-0.4, -0.2) is 25.9 Å². The standard InChI is InChI=1S/C16H25NO2/c1-4-18-14-9-7-8-13(12-14)15(17-3)16(2)10-5-6-11-19-16/h7-9,12,15,17H,4-6,10-11H2,1-3H3. The monoisotopic (exact) mass is 263 g/mol. The zero-order valence-corrected chi connectivity index (χ0v) is 12.2. The van der Waals surface area contributed by atoms with E-state index in [-0.39, 0.29) is 11.6 Å². The molecule has 1 aromatic carbocycles.